The normalized spacial score (nSPS) is 12.2. The monoisotopic (exact) mass is 214 g/mol. The number of halogens is 1. The molecule has 2 N–H and O–H groups in total. The molecule has 0 spiro atoms. The summed E-state index contributed by atoms with van der Waals surface area (Å²) in [4.78, 5) is 10.4. The quantitative estimate of drug-likeness (QED) is 0.793. The van der Waals surface area contributed by atoms with Crippen molar-refractivity contribution < 1.29 is 24.1 Å². The van der Waals surface area contributed by atoms with Crippen LogP contribution in [0.4, 0.5) is 4.39 Å². The SMILES string of the molecule is COc1cccc(F)c1C(O)CC(=O)O. The van der Waals surface area contributed by atoms with Gasteiger partial charge in [0.2, 0.25) is 0 Å². The van der Waals surface area contributed by atoms with Crippen LogP contribution in [-0.2, 0) is 4.79 Å². The van der Waals surface area contributed by atoms with Gasteiger partial charge < -0.3 is 14.9 Å². The molecule has 0 radical (unpaired) electrons. The van der Waals surface area contributed by atoms with Crippen molar-refractivity contribution in [1.29, 1.82) is 0 Å². The number of carbonyl (C=O) groups is 1. The molecule has 0 aromatic heterocycles. The van der Waals surface area contributed by atoms with Crippen molar-refractivity contribution in [3.63, 3.8) is 0 Å². The highest BCUT2D eigenvalue weighted by molar-refractivity contribution is 5.68. The summed E-state index contributed by atoms with van der Waals surface area (Å²) in [5.41, 5.74) is -0.123. The van der Waals surface area contributed by atoms with Crippen molar-refractivity contribution >= 4 is 5.97 Å². The number of aliphatic carboxylic acids is 1. The van der Waals surface area contributed by atoms with Crippen LogP contribution in [0.15, 0.2) is 18.2 Å². The molecule has 0 amide bonds. The number of aliphatic hydroxyl groups is 1. The molecule has 0 saturated carbocycles. The van der Waals surface area contributed by atoms with E-state index in [2.05, 4.69) is 0 Å². The third-order valence-corrected chi connectivity index (χ3v) is 1.93. The van der Waals surface area contributed by atoms with Crippen LogP contribution < -0.4 is 4.74 Å². The molecule has 1 aromatic rings. The highest BCUT2D eigenvalue weighted by Crippen LogP contribution is 2.29. The zero-order chi connectivity index (χ0) is 11.4. The van der Waals surface area contributed by atoms with Crippen LogP contribution in [0, 0.1) is 5.82 Å². The first kappa shape index (κ1) is 11.5. The van der Waals surface area contributed by atoms with Crippen molar-refractivity contribution in [2.24, 2.45) is 0 Å². The van der Waals surface area contributed by atoms with Crippen molar-refractivity contribution in [2.75, 3.05) is 7.11 Å². The number of hydrogen-bond acceptors (Lipinski definition) is 3. The first-order chi connectivity index (χ1) is 7.06. The number of ether oxygens (including phenoxy) is 1. The first-order valence-electron chi connectivity index (χ1n) is 4.28. The van der Waals surface area contributed by atoms with Crippen LogP contribution in [0.3, 0.4) is 0 Å². The Bertz CT molecular complexity index is 364. The zero-order valence-corrected chi connectivity index (χ0v) is 8.11. The molecule has 1 unspecified atom stereocenters. The zero-order valence-electron chi connectivity index (χ0n) is 8.11. The maximum absolute atomic E-state index is 13.3. The van der Waals surface area contributed by atoms with Gasteiger partial charge in [-0.1, -0.05) is 6.07 Å². The average Bonchev–Trinajstić information content (AvgIpc) is 2.15. The summed E-state index contributed by atoms with van der Waals surface area (Å²) in [7, 11) is 1.33. The minimum absolute atomic E-state index is 0.123. The van der Waals surface area contributed by atoms with Gasteiger partial charge >= 0.3 is 5.97 Å². The minimum Gasteiger partial charge on any atom is -0.496 e. The van der Waals surface area contributed by atoms with Crippen LogP contribution in [0.5, 0.6) is 5.75 Å². The molecule has 0 aliphatic carbocycles. The number of methoxy groups -OCH3 is 1. The van der Waals surface area contributed by atoms with Crippen molar-refractivity contribution in [1.82, 2.24) is 0 Å². The molecular weight excluding hydrogens is 203 g/mol. The summed E-state index contributed by atoms with van der Waals surface area (Å²) in [6.45, 7) is 0. The van der Waals surface area contributed by atoms with Gasteiger partial charge in [0.15, 0.2) is 0 Å². The molecule has 0 aliphatic rings. The van der Waals surface area contributed by atoms with E-state index in [4.69, 9.17) is 9.84 Å². The molecule has 0 saturated heterocycles. The molecular formula is C10H11FO4. The third-order valence-electron chi connectivity index (χ3n) is 1.93. The Balaban J connectivity index is 3.05. The third kappa shape index (κ3) is 2.66. The second-order valence-electron chi connectivity index (χ2n) is 2.97. The van der Waals surface area contributed by atoms with Crippen LogP contribution in [0.1, 0.15) is 18.1 Å². The second-order valence-corrected chi connectivity index (χ2v) is 2.97. The van der Waals surface area contributed by atoms with E-state index in [9.17, 15) is 14.3 Å². The van der Waals surface area contributed by atoms with Crippen molar-refractivity contribution in [3.8, 4) is 5.75 Å². The maximum atomic E-state index is 13.3. The molecule has 0 aliphatic heterocycles. The topological polar surface area (TPSA) is 66.8 Å². The van der Waals surface area contributed by atoms with E-state index in [0.29, 0.717) is 0 Å². The largest absolute Gasteiger partial charge is 0.496 e. The van der Waals surface area contributed by atoms with Gasteiger partial charge in [-0.05, 0) is 12.1 Å². The van der Waals surface area contributed by atoms with Crippen LogP contribution in [0.2, 0.25) is 0 Å². The Morgan fingerprint density at radius 2 is 2.27 bits per heavy atom. The standard InChI is InChI=1S/C10H11FO4/c1-15-8-4-2-3-6(11)10(8)7(12)5-9(13)14/h2-4,7,12H,5H2,1H3,(H,13,14). The van der Waals surface area contributed by atoms with Crippen molar-refractivity contribution in [3.05, 3.63) is 29.6 Å². The van der Waals surface area contributed by atoms with E-state index in [1.807, 2.05) is 0 Å². The average molecular weight is 214 g/mol. The van der Waals surface area contributed by atoms with E-state index >= 15 is 0 Å². The van der Waals surface area contributed by atoms with Gasteiger partial charge in [-0.25, -0.2) is 4.39 Å². The Labute approximate surface area is 85.9 Å². The van der Waals surface area contributed by atoms with Crippen molar-refractivity contribution in [2.45, 2.75) is 12.5 Å². The molecule has 82 valence electrons. The van der Waals surface area contributed by atoms with Crippen LogP contribution >= 0.6 is 0 Å². The number of carboxylic acid groups (broad SMARTS) is 1. The van der Waals surface area contributed by atoms with E-state index in [1.54, 1.807) is 0 Å². The summed E-state index contributed by atoms with van der Waals surface area (Å²) >= 11 is 0. The molecule has 0 bridgehead atoms. The van der Waals surface area contributed by atoms with E-state index in [-0.39, 0.29) is 11.3 Å². The second kappa shape index (κ2) is 4.75. The predicted octanol–water partition coefficient (Wildman–Crippen LogP) is 1.34. The summed E-state index contributed by atoms with van der Waals surface area (Å²) in [6.07, 6.45) is -1.96. The summed E-state index contributed by atoms with van der Waals surface area (Å²) in [6, 6.07) is 4.03. The van der Waals surface area contributed by atoms with Gasteiger partial charge in [0.1, 0.15) is 11.6 Å². The van der Waals surface area contributed by atoms with Crippen LogP contribution in [-0.4, -0.2) is 23.3 Å². The maximum Gasteiger partial charge on any atom is 0.306 e. The molecule has 1 rings (SSSR count). The Morgan fingerprint density at radius 1 is 1.60 bits per heavy atom. The van der Waals surface area contributed by atoms with E-state index in [0.717, 1.165) is 6.07 Å². The Hall–Kier alpha value is -1.62. The predicted molar refractivity (Wildman–Crippen MR) is 50.2 cm³/mol. The molecule has 0 heterocycles. The van der Waals surface area contributed by atoms with Gasteiger partial charge in [0.05, 0.1) is 25.2 Å². The molecule has 0 fully saturated rings. The van der Waals surface area contributed by atoms with Gasteiger partial charge in [-0.15, -0.1) is 0 Å². The Morgan fingerprint density at radius 3 is 2.80 bits per heavy atom. The number of aliphatic hydroxyl groups excluding tert-OH is 1. The molecule has 4 nitrogen and oxygen atoms in total. The smallest absolute Gasteiger partial charge is 0.306 e. The van der Waals surface area contributed by atoms with Gasteiger partial charge in [-0.3, -0.25) is 4.79 Å². The molecule has 1 atom stereocenters. The molecule has 1 aromatic carbocycles. The molecule has 5 heteroatoms. The Kier molecular flexibility index (Phi) is 3.62. The first-order valence-corrected chi connectivity index (χ1v) is 4.28. The summed E-state index contributed by atoms with van der Waals surface area (Å²) in [5.74, 6) is -1.74. The minimum atomic E-state index is -1.40. The van der Waals surface area contributed by atoms with E-state index in [1.165, 1.54) is 19.2 Å². The van der Waals surface area contributed by atoms with E-state index < -0.39 is 24.3 Å². The lowest BCUT2D eigenvalue weighted by molar-refractivity contribution is -0.139. The van der Waals surface area contributed by atoms with Crippen LogP contribution in [0.25, 0.3) is 0 Å². The lowest BCUT2D eigenvalue weighted by Crippen LogP contribution is -2.08. The highest BCUT2D eigenvalue weighted by Gasteiger charge is 2.20. The number of carboxylic acids is 1. The van der Waals surface area contributed by atoms with Gasteiger partial charge in [0.25, 0.3) is 0 Å². The fourth-order valence-corrected chi connectivity index (χ4v) is 1.29. The van der Waals surface area contributed by atoms with Gasteiger partial charge in [-0.2, -0.15) is 0 Å². The lowest BCUT2D eigenvalue weighted by atomic mass is 10.0. The lowest BCUT2D eigenvalue weighted by Gasteiger charge is -2.13. The summed E-state index contributed by atoms with van der Waals surface area (Å²) in [5, 5.41) is 18.0. The number of rotatable bonds is 4. The number of hydrogen-bond donors (Lipinski definition) is 2. The fourth-order valence-electron chi connectivity index (χ4n) is 1.29. The highest BCUT2D eigenvalue weighted by atomic mass is 19.1. The summed E-state index contributed by atoms with van der Waals surface area (Å²) < 4.78 is 18.1. The molecule has 15 heavy (non-hydrogen) atoms. The number of benzene rings is 1. The van der Waals surface area contributed by atoms with Gasteiger partial charge in [0, 0.05) is 0 Å². The fraction of sp³-hybridized carbons (Fsp3) is 0.300.